The zero-order chi connectivity index (χ0) is 20.7. The summed E-state index contributed by atoms with van der Waals surface area (Å²) in [5, 5.41) is 10.5. The third kappa shape index (κ3) is 6.65. The lowest BCUT2D eigenvalue weighted by Gasteiger charge is -2.17. The van der Waals surface area contributed by atoms with Gasteiger partial charge in [-0.1, -0.05) is 12.1 Å². The number of fused-ring (bicyclic) bond motifs is 1. The van der Waals surface area contributed by atoms with E-state index in [9.17, 15) is 4.79 Å². The monoisotopic (exact) mass is 409 g/mol. The molecule has 0 saturated carbocycles. The number of carbonyl (C=O) groups is 1. The summed E-state index contributed by atoms with van der Waals surface area (Å²) in [6.07, 6.45) is 0. The summed E-state index contributed by atoms with van der Waals surface area (Å²) in [6.45, 7) is -0.157. The zero-order valence-corrected chi connectivity index (χ0v) is 15.3. The lowest BCUT2D eigenvalue weighted by atomic mass is 10.1. The molecule has 2 N–H and O–H groups in total. The number of benzene rings is 2. The van der Waals surface area contributed by atoms with Gasteiger partial charge in [0.2, 0.25) is 11.9 Å². The van der Waals surface area contributed by atoms with Gasteiger partial charge in [-0.05, 0) is 36.4 Å². The van der Waals surface area contributed by atoms with Gasteiger partial charge in [0, 0.05) is 5.56 Å². The summed E-state index contributed by atoms with van der Waals surface area (Å²) in [4.78, 5) is 13.8. The van der Waals surface area contributed by atoms with Gasteiger partial charge in [-0.3, -0.25) is 0 Å². The van der Waals surface area contributed by atoms with E-state index in [1.807, 2.05) is 54.6 Å². The van der Waals surface area contributed by atoms with E-state index in [0.29, 0.717) is 11.3 Å². The van der Waals surface area contributed by atoms with Crippen molar-refractivity contribution in [3.05, 3.63) is 60.0 Å². The molecule has 1 aromatic heterocycles. The van der Waals surface area contributed by atoms with E-state index in [2.05, 4.69) is 4.99 Å². The highest BCUT2D eigenvalue weighted by molar-refractivity contribution is 5.78. The Balaban J connectivity index is 0.000000500. The van der Waals surface area contributed by atoms with Crippen molar-refractivity contribution in [3.8, 4) is 17.1 Å². The highest BCUT2D eigenvalue weighted by atomic mass is 35.7. The molecule has 9 nitrogen and oxygen atoms in total. The highest BCUT2D eigenvalue weighted by Gasteiger charge is 2.09. The molecule has 2 aromatic carbocycles. The molecule has 0 spiro atoms. The summed E-state index contributed by atoms with van der Waals surface area (Å²) in [5.41, 5.74) is 1.57. The fourth-order valence-electron chi connectivity index (χ4n) is 2.35. The number of methoxy groups -OCH3 is 1. The predicted octanol–water partition coefficient (Wildman–Crippen LogP) is -3.58. The molecule has 1 heterocycles. The van der Waals surface area contributed by atoms with E-state index in [4.69, 9.17) is 32.9 Å². The molecule has 0 aliphatic rings. The Kier molecular flexibility index (Phi) is 7.10. The van der Waals surface area contributed by atoms with Gasteiger partial charge < -0.3 is 14.3 Å². The van der Waals surface area contributed by atoms with Crippen molar-refractivity contribution in [1.82, 2.24) is 0 Å². The number of nitrogens with one attached hydrogen (secondary N) is 1. The second-order valence-electron chi connectivity index (χ2n) is 5.37. The second kappa shape index (κ2) is 9.31. The molecule has 28 heavy (non-hydrogen) atoms. The van der Waals surface area contributed by atoms with Gasteiger partial charge >= 0.3 is 5.97 Å². The molecule has 10 heteroatoms. The van der Waals surface area contributed by atoms with E-state index in [0.717, 1.165) is 22.1 Å². The number of halogens is 1. The Labute approximate surface area is 161 Å². The molecule has 0 amide bonds. The molecule has 0 fully saturated rings. The Hall–Kier alpha value is -2.95. The minimum atomic E-state index is -4.94. The third-order valence-electron chi connectivity index (χ3n) is 3.48. The Morgan fingerprint density at radius 1 is 1.11 bits per heavy atom. The molecule has 0 saturated heterocycles. The van der Waals surface area contributed by atoms with Crippen LogP contribution in [0.4, 0.5) is 0 Å². The lowest BCUT2D eigenvalue weighted by Crippen LogP contribution is -2.78. The van der Waals surface area contributed by atoms with Gasteiger partial charge in [-0.2, -0.15) is 0 Å². The summed E-state index contributed by atoms with van der Waals surface area (Å²) in [7, 11) is -3.33. The van der Waals surface area contributed by atoms with Crippen molar-refractivity contribution in [1.29, 1.82) is 0 Å². The first-order chi connectivity index (χ1) is 13.2. The van der Waals surface area contributed by atoms with Gasteiger partial charge in [0.25, 0.3) is 0 Å². The van der Waals surface area contributed by atoms with Crippen LogP contribution in [0.15, 0.2) is 59.0 Å². The Morgan fingerprint density at radius 3 is 2.29 bits per heavy atom. The standard InChI is InChI=1S/C18H15NO4.ClHO4/c1-22-13-8-6-12(7-9-13)17-10-15(19-11-18(20)21)14-4-2-3-5-16(14)23-17;2-1(3,4)5/h2-10H,11H2,1H3,(H,20,21);(H,2,3,4,5). The van der Waals surface area contributed by atoms with Gasteiger partial charge in [-0.15, -0.1) is 10.2 Å². The van der Waals surface area contributed by atoms with Crippen LogP contribution in [-0.2, 0) is 4.79 Å². The summed E-state index contributed by atoms with van der Waals surface area (Å²) < 4.78 is 45.1. The van der Waals surface area contributed by atoms with Gasteiger partial charge in [0.15, 0.2) is 0 Å². The predicted molar refractivity (Wildman–Crippen MR) is 84.8 cm³/mol. The zero-order valence-electron chi connectivity index (χ0n) is 14.6. The molecular weight excluding hydrogens is 394 g/mol. The topological polar surface area (TPSA) is 166 Å². The first kappa shape index (κ1) is 21.4. The maximum Gasteiger partial charge on any atom is 0.369 e. The minimum Gasteiger partial charge on any atom is -0.497 e. The van der Waals surface area contributed by atoms with Gasteiger partial charge in [0.1, 0.15) is 17.1 Å². The number of carboxylic acids is 1. The van der Waals surface area contributed by atoms with E-state index in [1.54, 1.807) is 7.11 Å². The summed E-state index contributed by atoms with van der Waals surface area (Å²) in [5.74, 6) is 0.499. The number of hydrogen-bond acceptors (Lipinski definition) is 7. The first-order valence-electron chi connectivity index (χ1n) is 7.75. The van der Waals surface area contributed by atoms with Crippen LogP contribution in [0.2, 0.25) is 0 Å². The van der Waals surface area contributed by atoms with Crippen molar-refractivity contribution >= 4 is 16.9 Å². The van der Waals surface area contributed by atoms with E-state index in [1.165, 1.54) is 0 Å². The number of carboxylic acid groups (broad SMARTS) is 1. The van der Waals surface area contributed by atoms with E-state index >= 15 is 0 Å². The van der Waals surface area contributed by atoms with Crippen molar-refractivity contribution in [2.24, 2.45) is 0 Å². The van der Waals surface area contributed by atoms with Gasteiger partial charge in [0.05, 0.1) is 18.6 Å². The Bertz CT molecular complexity index is 1000. The van der Waals surface area contributed by atoms with Crippen LogP contribution in [0.5, 0.6) is 5.75 Å². The third-order valence-corrected chi connectivity index (χ3v) is 3.48. The SMILES string of the molecule is COc1ccc(-c2cc(=[NH+]CC(=O)O)c3ccccc3o2)cc1.[O-][Cl+3]([O-])([O-])[O-]. The molecule has 3 rings (SSSR count). The van der Waals surface area contributed by atoms with Crippen LogP contribution in [0.3, 0.4) is 0 Å². The Morgan fingerprint density at radius 2 is 1.71 bits per heavy atom. The average molecular weight is 410 g/mol. The lowest BCUT2D eigenvalue weighted by molar-refractivity contribution is -2.00. The fraction of sp³-hybridized carbons (Fsp3) is 0.111. The minimum absolute atomic E-state index is 0.157. The molecule has 0 aliphatic heterocycles. The molecule has 0 atom stereocenters. The molecule has 0 aliphatic carbocycles. The molecular formula is C18H16ClNO8. The van der Waals surface area contributed by atoms with E-state index < -0.39 is 16.2 Å². The first-order valence-corrected chi connectivity index (χ1v) is 8.98. The number of aliphatic carboxylic acids is 1. The van der Waals surface area contributed by atoms with Crippen molar-refractivity contribution in [2.75, 3.05) is 13.7 Å². The van der Waals surface area contributed by atoms with Crippen molar-refractivity contribution in [3.63, 3.8) is 0 Å². The van der Waals surface area contributed by atoms with E-state index in [-0.39, 0.29) is 6.54 Å². The maximum atomic E-state index is 10.8. The molecule has 0 radical (unpaired) electrons. The quantitative estimate of drug-likeness (QED) is 0.446. The number of para-hydroxylation sites is 1. The second-order valence-corrected chi connectivity index (χ2v) is 6.13. The highest BCUT2D eigenvalue weighted by Crippen LogP contribution is 2.23. The fourth-order valence-corrected chi connectivity index (χ4v) is 2.35. The largest absolute Gasteiger partial charge is 0.497 e. The van der Waals surface area contributed by atoms with Crippen LogP contribution < -0.4 is 33.7 Å². The van der Waals surface area contributed by atoms with Crippen molar-refractivity contribution < 1.29 is 52.9 Å². The van der Waals surface area contributed by atoms with Crippen molar-refractivity contribution in [2.45, 2.75) is 0 Å². The average Bonchev–Trinajstić information content (AvgIpc) is 2.64. The molecule has 3 aromatic rings. The van der Waals surface area contributed by atoms with Gasteiger partial charge in [-0.25, -0.2) is 28.4 Å². The molecule has 0 bridgehead atoms. The number of rotatable bonds is 4. The molecule has 148 valence electrons. The number of hydrogen-bond donors (Lipinski definition) is 2. The van der Waals surface area contributed by atoms with Crippen LogP contribution in [-0.4, -0.2) is 24.7 Å². The normalized spacial score (nSPS) is 11.7. The summed E-state index contributed by atoms with van der Waals surface area (Å²) in [6, 6.07) is 16.8. The molecule has 0 unspecified atom stereocenters. The van der Waals surface area contributed by atoms with Crippen LogP contribution in [0, 0.1) is 10.2 Å². The maximum absolute atomic E-state index is 10.8. The van der Waals surface area contributed by atoms with Crippen LogP contribution in [0.25, 0.3) is 22.3 Å². The smallest absolute Gasteiger partial charge is 0.369 e. The van der Waals surface area contributed by atoms with Crippen LogP contribution in [0.1, 0.15) is 0 Å². The van der Waals surface area contributed by atoms with Crippen LogP contribution >= 0.6 is 0 Å². The number of ether oxygens (including phenoxy) is 1. The summed E-state index contributed by atoms with van der Waals surface area (Å²) >= 11 is 0.